The van der Waals surface area contributed by atoms with E-state index < -0.39 is 0 Å². The second kappa shape index (κ2) is 8.01. The summed E-state index contributed by atoms with van der Waals surface area (Å²) in [5, 5.41) is 0.733. The lowest BCUT2D eigenvalue weighted by Crippen LogP contribution is -2.32. The van der Waals surface area contributed by atoms with Crippen molar-refractivity contribution in [1.29, 1.82) is 0 Å². The molecule has 0 saturated heterocycles. The molecule has 0 saturated carbocycles. The Morgan fingerprint density at radius 3 is 2.82 bits per heavy atom. The summed E-state index contributed by atoms with van der Waals surface area (Å²) in [6.07, 6.45) is 2.02. The minimum Gasteiger partial charge on any atom is -0.383 e. The molecule has 2 rings (SSSR count). The van der Waals surface area contributed by atoms with Gasteiger partial charge in [0.2, 0.25) is 5.91 Å². The molecule has 0 radical (unpaired) electrons. The summed E-state index contributed by atoms with van der Waals surface area (Å²) >= 11 is 6.03. The Hall–Kier alpha value is -1.78. The molecule has 0 aliphatic rings. The van der Waals surface area contributed by atoms with Crippen LogP contribution in [0.25, 0.3) is 0 Å². The minimum absolute atomic E-state index is 0.0487. The second-order valence-electron chi connectivity index (χ2n) is 5.19. The van der Waals surface area contributed by atoms with Gasteiger partial charge in [-0.15, -0.1) is 0 Å². The summed E-state index contributed by atoms with van der Waals surface area (Å²) in [6, 6.07) is 11.8. The molecule has 4 nitrogen and oxygen atoms in total. The van der Waals surface area contributed by atoms with Crippen LogP contribution < -0.4 is 0 Å². The lowest BCUT2D eigenvalue weighted by molar-refractivity contribution is -0.130. The van der Waals surface area contributed by atoms with Gasteiger partial charge in [-0.05, 0) is 29.8 Å². The molecule has 0 aliphatic heterocycles. The van der Waals surface area contributed by atoms with Gasteiger partial charge in [-0.3, -0.25) is 4.79 Å². The van der Waals surface area contributed by atoms with Gasteiger partial charge in [0, 0.05) is 44.0 Å². The number of carbonyl (C=O) groups excluding carboxylic acids is 1. The number of aromatic nitrogens is 1. The van der Waals surface area contributed by atoms with Crippen LogP contribution in [0.2, 0.25) is 5.02 Å². The molecule has 1 aromatic carbocycles. The molecule has 0 spiro atoms. The van der Waals surface area contributed by atoms with Gasteiger partial charge in [-0.2, -0.15) is 0 Å². The van der Waals surface area contributed by atoms with Crippen LogP contribution >= 0.6 is 11.6 Å². The van der Waals surface area contributed by atoms with Gasteiger partial charge in [0.1, 0.15) is 0 Å². The maximum Gasteiger partial charge on any atom is 0.219 e. The largest absolute Gasteiger partial charge is 0.383 e. The van der Waals surface area contributed by atoms with Crippen molar-refractivity contribution in [2.75, 3.05) is 20.3 Å². The van der Waals surface area contributed by atoms with Crippen molar-refractivity contribution in [3.05, 3.63) is 58.9 Å². The first-order valence-electron chi connectivity index (χ1n) is 7.23. The van der Waals surface area contributed by atoms with Crippen LogP contribution in [0, 0.1) is 0 Å². The fraction of sp³-hybridized carbons (Fsp3) is 0.353. The van der Waals surface area contributed by atoms with E-state index in [1.165, 1.54) is 0 Å². The van der Waals surface area contributed by atoms with Gasteiger partial charge in [-0.25, -0.2) is 0 Å². The van der Waals surface area contributed by atoms with Crippen molar-refractivity contribution in [1.82, 2.24) is 9.47 Å². The van der Waals surface area contributed by atoms with Crippen LogP contribution in [-0.2, 0) is 22.6 Å². The van der Waals surface area contributed by atoms with Crippen LogP contribution in [0.5, 0.6) is 0 Å². The maximum absolute atomic E-state index is 11.7. The van der Waals surface area contributed by atoms with Gasteiger partial charge in [0.25, 0.3) is 0 Å². The zero-order valence-corrected chi connectivity index (χ0v) is 13.7. The topological polar surface area (TPSA) is 34.5 Å². The average molecular weight is 321 g/mol. The first-order chi connectivity index (χ1) is 10.6. The van der Waals surface area contributed by atoms with E-state index in [2.05, 4.69) is 4.57 Å². The van der Waals surface area contributed by atoms with E-state index in [0.29, 0.717) is 19.7 Å². The average Bonchev–Trinajstić information content (AvgIpc) is 2.90. The Kier molecular flexibility index (Phi) is 6.04. The zero-order chi connectivity index (χ0) is 15.9. The van der Waals surface area contributed by atoms with E-state index in [9.17, 15) is 4.79 Å². The normalized spacial score (nSPS) is 10.7. The molecule has 0 unspecified atom stereocenters. The third kappa shape index (κ3) is 4.61. The number of benzene rings is 1. The molecular formula is C17H21ClN2O2. The molecule has 0 aliphatic carbocycles. The SMILES string of the molecule is COCCN(Cc1cccn1Cc1cccc(Cl)c1)C(C)=O. The summed E-state index contributed by atoms with van der Waals surface area (Å²) in [6.45, 7) is 4.02. The Balaban J connectivity index is 2.09. The molecule has 0 fully saturated rings. The van der Waals surface area contributed by atoms with Crippen molar-refractivity contribution in [3.63, 3.8) is 0 Å². The highest BCUT2D eigenvalue weighted by molar-refractivity contribution is 6.30. The predicted molar refractivity (Wildman–Crippen MR) is 88.0 cm³/mol. The van der Waals surface area contributed by atoms with E-state index in [4.69, 9.17) is 16.3 Å². The molecule has 5 heteroatoms. The van der Waals surface area contributed by atoms with Crippen molar-refractivity contribution in [2.24, 2.45) is 0 Å². The Bertz CT molecular complexity index is 625. The standard InChI is InChI=1S/C17H21ClN2O2/c1-14(21)19(9-10-22-2)13-17-7-4-8-20(17)12-15-5-3-6-16(18)11-15/h3-8,11H,9-10,12-13H2,1-2H3. The first kappa shape index (κ1) is 16.6. The monoisotopic (exact) mass is 320 g/mol. The molecule has 118 valence electrons. The molecular weight excluding hydrogens is 300 g/mol. The molecule has 22 heavy (non-hydrogen) atoms. The number of rotatable bonds is 7. The van der Waals surface area contributed by atoms with Crippen molar-refractivity contribution in [2.45, 2.75) is 20.0 Å². The fourth-order valence-electron chi connectivity index (χ4n) is 2.32. The number of methoxy groups -OCH3 is 1. The van der Waals surface area contributed by atoms with Gasteiger partial charge in [0.15, 0.2) is 0 Å². The highest BCUT2D eigenvalue weighted by atomic mass is 35.5. The van der Waals surface area contributed by atoms with Gasteiger partial charge >= 0.3 is 0 Å². The minimum atomic E-state index is 0.0487. The van der Waals surface area contributed by atoms with Gasteiger partial charge in [0.05, 0.1) is 13.2 Å². The number of ether oxygens (including phenoxy) is 1. The maximum atomic E-state index is 11.7. The van der Waals surface area contributed by atoms with Gasteiger partial charge in [-0.1, -0.05) is 23.7 Å². The Morgan fingerprint density at radius 1 is 1.32 bits per heavy atom. The van der Waals surface area contributed by atoms with Crippen LogP contribution in [0.3, 0.4) is 0 Å². The number of amides is 1. The second-order valence-corrected chi connectivity index (χ2v) is 5.63. The molecule has 0 bridgehead atoms. The van der Waals surface area contributed by atoms with Crippen molar-refractivity contribution >= 4 is 17.5 Å². The smallest absolute Gasteiger partial charge is 0.219 e. The van der Waals surface area contributed by atoms with Crippen molar-refractivity contribution in [3.8, 4) is 0 Å². The van der Waals surface area contributed by atoms with Crippen LogP contribution in [0.1, 0.15) is 18.2 Å². The summed E-state index contributed by atoms with van der Waals surface area (Å²) in [7, 11) is 1.64. The molecule has 1 aromatic heterocycles. The van der Waals surface area contributed by atoms with Crippen molar-refractivity contribution < 1.29 is 9.53 Å². The fourth-order valence-corrected chi connectivity index (χ4v) is 2.54. The highest BCUT2D eigenvalue weighted by Gasteiger charge is 2.11. The lowest BCUT2D eigenvalue weighted by Gasteiger charge is -2.21. The number of hydrogen-bond acceptors (Lipinski definition) is 2. The quantitative estimate of drug-likeness (QED) is 0.785. The van der Waals surface area contributed by atoms with E-state index in [1.807, 2.05) is 42.6 Å². The van der Waals surface area contributed by atoms with E-state index in [0.717, 1.165) is 22.8 Å². The van der Waals surface area contributed by atoms with Crippen LogP contribution in [-0.4, -0.2) is 35.6 Å². The predicted octanol–water partition coefficient (Wildman–Crippen LogP) is 3.18. The number of carbonyl (C=O) groups is 1. The van der Waals surface area contributed by atoms with Crippen LogP contribution in [0.4, 0.5) is 0 Å². The molecule has 1 heterocycles. The van der Waals surface area contributed by atoms with E-state index in [1.54, 1.807) is 18.9 Å². The molecule has 1 amide bonds. The lowest BCUT2D eigenvalue weighted by atomic mass is 10.2. The highest BCUT2D eigenvalue weighted by Crippen LogP contribution is 2.14. The zero-order valence-electron chi connectivity index (χ0n) is 13.0. The summed E-state index contributed by atoms with van der Waals surface area (Å²) in [5.74, 6) is 0.0487. The number of hydrogen-bond donors (Lipinski definition) is 0. The molecule has 0 N–H and O–H groups in total. The third-order valence-electron chi connectivity index (χ3n) is 3.53. The summed E-state index contributed by atoms with van der Waals surface area (Å²) in [4.78, 5) is 13.5. The summed E-state index contributed by atoms with van der Waals surface area (Å²) < 4.78 is 7.20. The van der Waals surface area contributed by atoms with E-state index >= 15 is 0 Å². The number of nitrogens with zero attached hydrogens (tertiary/aromatic N) is 2. The third-order valence-corrected chi connectivity index (χ3v) is 3.76. The van der Waals surface area contributed by atoms with Gasteiger partial charge < -0.3 is 14.2 Å². The Morgan fingerprint density at radius 2 is 2.14 bits per heavy atom. The summed E-state index contributed by atoms with van der Waals surface area (Å²) in [5.41, 5.74) is 2.22. The Labute approximate surface area is 136 Å². The first-order valence-corrected chi connectivity index (χ1v) is 7.61. The van der Waals surface area contributed by atoms with E-state index in [-0.39, 0.29) is 5.91 Å². The molecule has 0 atom stereocenters. The molecule has 2 aromatic rings. The number of halogens is 1. The van der Waals surface area contributed by atoms with Crippen LogP contribution in [0.15, 0.2) is 42.6 Å².